The maximum absolute atomic E-state index is 13.4. The van der Waals surface area contributed by atoms with E-state index in [1.54, 1.807) is 4.90 Å². The SMILES string of the molecule is O=C1CCC(N2C(=O)c3cccc4c(C5CCN(C6CC7(CCNCC7)C6)CC5)ccc2c34)C(=O)N1. The molecule has 7 rings (SSSR count). The lowest BCUT2D eigenvalue weighted by atomic mass is 9.60. The van der Waals surface area contributed by atoms with Crippen molar-refractivity contribution < 1.29 is 14.4 Å². The first-order valence-corrected chi connectivity index (χ1v) is 13.7. The van der Waals surface area contributed by atoms with Crippen molar-refractivity contribution in [1.29, 1.82) is 0 Å². The number of nitrogens with one attached hydrogen (secondary N) is 2. The van der Waals surface area contributed by atoms with Crippen molar-refractivity contribution in [3.8, 4) is 0 Å². The van der Waals surface area contributed by atoms with E-state index in [0.717, 1.165) is 48.4 Å². The second kappa shape index (κ2) is 8.38. The summed E-state index contributed by atoms with van der Waals surface area (Å²) in [6, 6.07) is 10.3. The molecular weight excluding hydrogens is 452 g/mol. The Labute approximate surface area is 211 Å². The van der Waals surface area contributed by atoms with Gasteiger partial charge in [0, 0.05) is 23.4 Å². The second-order valence-corrected chi connectivity index (χ2v) is 11.7. The largest absolute Gasteiger partial charge is 0.317 e. The zero-order valence-corrected chi connectivity index (χ0v) is 20.7. The Balaban J connectivity index is 1.11. The molecule has 3 saturated heterocycles. The summed E-state index contributed by atoms with van der Waals surface area (Å²) in [6.45, 7) is 4.66. The van der Waals surface area contributed by atoms with Crippen LogP contribution in [0.15, 0.2) is 30.3 Å². The minimum Gasteiger partial charge on any atom is -0.317 e. The lowest BCUT2D eigenvalue weighted by Crippen LogP contribution is -2.55. The fraction of sp³-hybridized carbons (Fsp3) is 0.552. The fourth-order valence-corrected chi connectivity index (χ4v) is 7.76. The van der Waals surface area contributed by atoms with Crippen molar-refractivity contribution in [2.24, 2.45) is 5.41 Å². The molecular formula is C29H34N4O3. The van der Waals surface area contributed by atoms with Crippen LogP contribution in [0.1, 0.15) is 73.2 Å². The van der Waals surface area contributed by atoms with Crippen LogP contribution in [0.3, 0.4) is 0 Å². The Kier molecular flexibility index (Phi) is 5.22. The standard InChI is InChI=1S/C29H34N4O3/c34-25-7-6-24(27(35)31-25)33-23-5-4-20(21-2-1-3-22(26(21)23)28(33)36)18-8-14-32(15-9-18)19-16-29(17-19)10-12-30-13-11-29/h1-5,18-19,24,30H,6-17H2,(H,31,34,35). The number of carbonyl (C=O) groups excluding carboxylic acids is 3. The Hall–Kier alpha value is -2.77. The van der Waals surface area contributed by atoms with Gasteiger partial charge in [0.05, 0.1) is 5.69 Å². The molecule has 1 unspecified atom stereocenters. The van der Waals surface area contributed by atoms with Gasteiger partial charge in [0.1, 0.15) is 6.04 Å². The van der Waals surface area contributed by atoms with Crippen LogP contribution in [0, 0.1) is 5.41 Å². The van der Waals surface area contributed by atoms with E-state index < -0.39 is 6.04 Å². The fourth-order valence-electron chi connectivity index (χ4n) is 7.76. The third-order valence-corrected chi connectivity index (χ3v) is 9.77. The summed E-state index contributed by atoms with van der Waals surface area (Å²) in [5.41, 5.74) is 3.43. The molecule has 2 aromatic rings. The Morgan fingerprint density at radius 1 is 0.917 bits per heavy atom. The molecule has 0 bridgehead atoms. The first-order valence-electron chi connectivity index (χ1n) is 13.7. The topological polar surface area (TPSA) is 81.8 Å². The molecule has 7 heteroatoms. The van der Waals surface area contributed by atoms with Crippen LogP contribution in [0.5, 0.6) is 0 Å². The quantitative estimate of drug-likeness (QED) is 0.651. The zero-order valence-electron chi connectivity index (χ0n) is 20.7. The number of piperidine rings is 3. The van der Waals surface area contributed by atoms with Gasteiger partial charge in [0.15, 0.2) is 0 Å². The van der Waals surface area contributed by atoms with E-state index >= 15 is 0 Å². The van der Waals surface area contributed by atoms with E-state index in [4.69, 9.17) is 0 Å². The van der Waals surface area contributed by atoms with E-state index in [9.17, 15) is 14.4 Å². The molecule has 188 valence electrons. The van der Waals surface area contributed by atoms with Crippen LogP contribution < -0.4 is 15.5 Å². The summed E-state index contributed by atoms with van der Waals surface area (Å²) in [7, 11) is 0. The third-order valence-electron chi connectivity index (χ3n) is 9.77. The molecule has 2 N–H and O–H groups in total. The smallest absolute Gasteiger partial charge is 0.259 e. The van der Waals surface area contributed by atoms with Crippen molar-refractivity contribution in [1.82, 2.24) is 15.5 Å². The molecule has 0 radical (unpaired) electrons. The van der Waals surface area contributed by atoms with E-state index in [-0.39, 0.29) is 24.1 Å². The first kappa shape index (κ1) is 22.4. The van der Waals surface area contributed by atoms with Crippen LogP contribution in [-0.4, -0.2) is 60.9 Å². The van der Waals surface area contributed by atoms with Gasteiger partial charge < -0.3 is 10.2 Å². The number of rotatable bonds is 3. The van der Waals surface area contributed by atoms with Gasteiger partial charge in [-0.1, -0.05) is 18.2 Å². The highest BCUT2D eigenvalue weighted by atomic mass is 16.2. The van der Waals surface area contributed by atoms with Gasteiger partial charge in [-0.3, -0.25) is 24.6 Å². The second-order valence-electron chi connectivity index (χ2n) is 11.7. The minimum absolute atomic E-state index is 0.131. The molecule has 0 aromatic heterocycles. The van der Waals surface area contributed by atoms with E-state index in [2.05, 4.69) is 27.7 Å². The van der Waals surface area contributed by atoms with Crippen molar-refractivity contribution in [2.75, 3.05) is 31.1 Å². The summed E-state index contributed by atoms with van der Waals surface area (Å²) in [4.78, 5) is 42.1. The number of likely N-dealkylation sites (tertiary alicyclic amines) is 1. The van der Waals surface area contributed by atoms with Gasteiger partial charge in [-0.05, 0) is 106 Å². The maximum atomic E-state index is 13.4. The highest BCUT2D eigenvalue weighted by Crippen LogP contribution is 2.51. The van der Waals surface area contributed by atoms with Crippen molar-refractivity contribution in [2.45, 2.75) is 69.4 Å². The number of benzene rings is 2. The number of anilines is 1. The molecule has 4 heterocycles. The van der Waals surface area contributed by atoms with Crippen LogP contribution in [0.4, 0.5) is 5.69 Å². The summed E-state index contributed by atoms with van der Waals surface area (Å²) >= 11 is 0. The highest BCUT2D eigenvalue weighted by molar-refractivity contribution is 6.27. The molecule has 5 aliphatic rings. The molecule has 36 heavy (non-hydrogen) atoms. The molecule has 3 amide bonds. The first-order chi connectivity index (χ1) is 17.5. The predicted molar refractivity (Wildman–Crippen MR) is 138 cm³/mol. The monoisotopic (exact) mass is 486 g/mol. The molecule has 1 saturated carbocycles. The zero-order chi connectivity index (χ0) is 24.4. The average Bonchev–Trinajstić information content (AvgIpc) is 3.16. The van der Waals surface area contributed by atoms with Crippen molar-refractivity contribution >= 4 is 34.2 Å². The number of nitrogens with zero attached hydrogens (tertiary/aromatic N) is 2. The van der Waals surface area contributed by atoms with Gasteiger partial charge in [0.2, 0.25) is 11.8 Å². The number of hydrogen-bond acceptors (Lipinski definition) is 5. The summed E-state index contributed by atoms with van der Waals surface area (Å²) in [5, 5.41) is 8.03. The average molecular weight is 487 g/mol. The molecule has 4 fully saturated rings. The van der Waals surface area contributed by atoms with E-state index in [0.29, 0.717) is 23.3 Å². The third kappa shape index (κ3) is 3.43. The number of imide groups is 1. The summed E-state index contributed by atoms with van der Waals surface area (Å²) in [5.74, 6) is -0.286. The molecule has 7 nitrogen and oxygen atoms in total. The molecule has 1 spiro atoms. The van der Waals surface area contributed by atoms with E-state index in [1.807, 2.05) is 18.2 Å². The molecule has 1 atom stereocenters. The van der Waals surface area contributed by atoms with Gasteiger partial charge in [-0.25, -0.2) is 0 Å². The molecule has 1 aliphatic carbocycles. The molecule has 4 aliphatic heterocycles. The lowest BCUT2D eigenvalue weighted by Gasteiger charge is -2.55. The summed E-state index contributed by atoms with van der Waals surface area (Å²) < 4.78 is 0. The van der Waals surface area contributed by atoms with E-state index in [1.165, 1.54) is 44.3 Å². The number of carbonyl (C=O) groups is 3. The predicted octanol–water partition coefficient (Wildman–Crippen LogP) is 3.32. The highest BCUT2D eigenvalue weighted by Gasteiger charge is 2.47. The molecule has 2 aromatic carbocycles. The number of amides is 3. The Bertz CT molecular complexity index is 1250. The minimum atomic E-state index is -0.634. The van der Waals surface area contributed by atoms with Gasteiger partial charge >= 0.3 is 0 Å². The number of hydrogen-bond donors (Lipinski definition) is 2. The normalized spacial score (nSPS) is 27.1. The van der Waals surface area contributed by atoms with Gasteiger partial charge in [-0.15, -0.1) is 0 Å². The Morgan fingerprint density at radius 2 is 1.69 bits per heavy atom. The maximum Gasteiger partial charge on any atom is 0.259 e. The van der Waals surface area contributed by atoms with Crippen molar-refractivity contribution in [3.63, 3.8) is 0 Å². The van der Waals surface area contributed by atoms with Crippen LogP contribution in [0.25, 0.3) is 10.8 Å². The van der Waals surface area contributed by atoms with Crippen LogP contribution >= 0.6 is 0 Å². The van der Waals surface area contributed by atoms with Crippen LogP contribution in [0.2, 0.25) is 0 Å². The van der Waals surface area contributed by atoms with Gasteiger partial charge in [0.25, 0.3) is 5.91 Å². The lowest BCUT2D eigenvalue weighted by molar-refractivity contribution is -0.134. The van der Waals surface area contributed by atoms with Crippen LogP contribution in [-0.2, 0) is 9.59 Å². The van der Waals surface area contributed by atoms with Crippen molar-refractivity contribution in [3.05, 3.63) is 41.5 Å². The Morgan fingerprint density at radius 3 is 2.44 bits per heavy atom. The van der Waals surface area contributed by atoms with Gasteiger partial charge in [-0.2, -0.15) is 0 Å². The summed E-state index contributed by atoms with van der Waals surface area (Å²) in [6.07, 6.45) is 8.35.